The number of hydrogen-bond donors (Lipinski definition) is 0. The lowest BCUT2D eigenvalue weighted by Gasteiger charge is -2.05. The number of ketones is 1. The van der Waals surface area contributed by atoms with Gasteiger partial charge in [-0.15, -0.1) is 0 Å². The molecule has 0 saturated heterocycles. The van der Waals surface area contributed by atoms with E-state index in [1.807, 2.05) is 0 Å². The van der Waals surface area contributed by atoms with Crippen LogP contribution in [0, 0.1) is 10.1 Å². The average molecular weight is 379 g/mol. The van der Waals surface area contributed by atoms with E-state index in [9.17, 15) is 14.9 Å². The van der Waals surface area contributed by atoms with Gasteiger partial charge in [-0.05, 0) is 54.6 Å². The Bertz CT molecular complexity index is 1030. The fourth-order valence-corrected chi connectivity index (χ4v) is 2.59. The molecule has 3 aromatic rings. The number of nitro benzene ring substituents is 1. The Morgan fingerprint density at radius 3 is 2.43 bits per heavy atom. The quantitative estimate of drug-likeness (QED) is 0.254. The second-order valence-corrected chi connectivity index (χ2v) is 5.77. The third-order valence-electron chi connectivity index (χ3n) is 4.06. The zero-order chi connectivity index (χ0) is 20.1. The number of furan rings is 1. The van der Waals surface area contributed by atoms with Crippen molar-refractivity contribution >= 4 is 17.5 Å². The first-order chi connectivity index (χ1) is 13.5. The Hall–Kier alpha value is -3.87. The van der Waals surface area contributed by atoms with Crippen molar-refractivity contribution in [3.05, 3.63) is 82.1 Å². The first-order valence-corrected chi connectivity index (χ1v) is 8.31. The summed E-state index contributed by atoms with van der Waals surface area (Å²) >= 11 is 0. The second-order valence-electron chi connectivity index (χ2n) is 5.77. The van der Waals surface area contributed by atoms with E-state index in [0.29, 0.717) is 34.1 Å². The minimum absolute atomic E-state index is 0.0719. The van der Waals surface area contributed by atoms with E-state index in [2.05, 4.69) is 0 Å². The molecule has 1 heterocycles. The van der Waals surface area contributed by atoms with Crippen molar-refractivity contribution in [3.8, 4) is 22.8 Å². The van der Waals surface area contributed by atoms with Crippen LogP contribution >= 0.6 is 0 Å². The van der Waals surface area contributed by atoms with Crippen molar-refractivity contribution in [2.75, 3.05) is 14.2 Å². The molecule has 0 saturated carbocycles. The summed E-state index contributed by atoms with van der Waals surface area (Å²) in [6.07, 6.45) is 2.98. The standard InChI is InChI=1S/C21H17NO6/c1-26-16-6-3-14(4-7-16)19(23)11-8-17-9-12-20(28-17)18-10-5-15(22(24)25)13-21(18)27-2/h3-13H,1-2H3/b11-8+. The van der Waals surface area contributed by atoms with Crippen LogP contribution in [0.4, 0.5) is 5.69 Å². The van der Waals surface area contributed by atoms with E-state index in [0.717, 1.165) is 0 Å². The molecular weight excluding hydrogens is 362 g/mol. The fourth-order valence-electron chi connectivity index (χ4n) is 2.59. The summed E-state index contributed by atoms with van der Waals surface area (Å²) in [7, 11) is 2.99. The number of rotatable bonds is 7. The smallest absolute Gasteiger partial charge is 0.273 e. The van der Waals surface area contributed by atoms with Crippen molar-refractivity contribution < 1.29 is 23.6 Å². The lowest BCUT2D eigenvalue weighted by molar-refractivity contribution is -0.384. The molecule has 0 fully saturated rings. The molecule has 1 aromatic heterocycles. The molecule has 2 aromatic carbocycles. The maximum absolute atomic E-state index is 12.2. The van der Waals surface area contributed by atoms with Crippen molar-refractivity contribution in [2.45, 2.75) is 0 Å². The number of carbonyl (C=O) groups excluding carboxylic acids is 1. The van der Waals surface area contributed by atoms with Crippen LogP contribution in [0.2, 0.25) is 0 Å². The highest BCUT2D eigenvalue weighted by Crippen LogP contribution is 2.34. The van der Waals surface area contributed by atoms with Gasteiger partial charge in [0.25, 0.3) is 5.69 Å². The van der Waals surface area contributed by atoms with Crippen molar-refractivity contribution in [3.63, 3.8) is 0 Å². The van der Waals surface area contributed by atoms with Crippen molar-refractivity contribution in [1.82, 2.24) is 0 Å². The molecule has 0 aliphatic carbocycles. The fraction of sp³-hybridized carbons (Fsp3) is 0.0952. The highest BCUT2D eigenvalue weighted by atomic mass is 16.6. The number of benzene rings is 2. The van der Waals surface area contributed by atoms with E-state index < -0.39 is 4.92 Å². The van der Waals surface area contributed by atoms with E-state index in [4.69, 9.17) is 13.9 Å². The Kier molecular flexibility index (Phi) is 5.55. The van der Waals surface area contributed by atoms with Crippen LogP contribution in [0.25, 0.3) is 17.4 Å². The Labute approximate surface area is 161 Å². The summed E-state index contributed by atoms with van der Waals surface area (Å²) in [4.78, 5) is 22.7. The number of methoxy groups -OCH3 is 2. The normalized spacial score (nSPS) is 10.8. The maximum atomic E-state index is 12.2. The van der Waals surface area contributed by atoms with Crippen molar-refractivity contribution in [1.29, 1.82) is 0 Å². The molecule has 7 nitrogen and oxygen atoms in total. The lowest BCUT2D eigenvalue weighted by atomic mass is 10.1. The summed E-state index contributed by atoms with van der Waals surface area (Å²) in [6.45, 7) is 0. The minimum atomic E-state index is -0.493. The number of nitro groups is 1. The summed E-state index contributed by atoms with van der Waals surface area (Å²) in [5.74, 6) is 1.77. The van der Waals surface area contributed by atoms with Gasteiger partial charge in [0.05, 0.1) is 30.8 Å². The van der Waals surface area contributed by atoms with Crippen LogP contribution < -0.4 is 9.47 Å². The predicted molar refractivity (Wildman–Crippen MR) is 104 cm³/mol. The maximum Gasteiger partial charge on any atom is 0.273 e. The van der Waals surface area contributed by atoms with Crippen LogP contribution in [0.15, 0.2) is 65.1 Å². The number of carbonyl (C=O) groups is 1. The monoisotopic (exact) mass is 379 g/mol. The average Bonchev–Trinajstić information content (AvgIpc) is 3.20. The van der Waals surface area contributed by atoms with Gasteiger partial charge in [0.1, 0.15) is 23.0 Å². The topological polar surface area (TPSA) is 91.8 Å². The number of non-ortho nitro benzene ring substituents is 1. The first-order valence-electron chi connectivity index (χ1n) is 8.31. The summed E-state index contributed by atoms with van der Waals surface area (Å²) in [5, 5.41) is 10.9. The molecule has 0 spiro atoms. The molecule has 0 aliphatic heterocycles. The molecular formula is C21H17NO6. The van der Waals surface area contributed by atoms with Crippen LogP contribution in [0.1, 0.15) is 16.1 Å². The highest BCUT2D eigenvalue weighted by molar-refractivity contribution is 6.06. The molecule has 0 radical (unpaired) electrons. The minimum Gasteiger partial charge on any atom is -0.497 e. The molecule has 0 amide bonds. The molecule has 7 heteroatoms. The molecule has 0 unspecified atom stereocenters. The number of allylic oxidation sites excluding steroid dienone is 1. The van der Waals surface area contributed by atoms with Crippen LogP contribution in [-0.4, -0.2) is 24.9 Å². The van der Waals surface area contributed by atoms with Crippen molar-refractivity contribution in [2.24, 2.45) is 0 Å². The van der Waals surface area contributed by atoms with E-state index in [1.54, 1.807) is 55.7 Å². The summed E-state index contributed by atoms with van der Waals surface area (Å²) in [5.41, 5.74) is 1.03. The van der Waals surface area contributed by atoms with Gasteiger partial charge >= 0.3 is 0 Å². The zero-order valence-electron chi connectivity index (χ0n) is 15.2. The molecule has 3 rings (SSSR count). The molecule has 0 aliphatic rings. The van der Waals surface area contributed by atoms with Gasteiger partial charge in [0.15, 0.2) is 5.78 Å². The van der Waals surface area contributed by atoms with Gasteiger partial charge in [-0.1, -0.05) is 0 Å². The number of hydrogen-bond acceptors (Lipinski definition) is 6. The van der Waals surface area contributed by atoms with Gasteiger partial charge in [0, 0.05) is 11.6 Å². The second kappa shape index (κ2) is 8.22. The summed E-state index contributed by atoms with van der Waals surface area (Å²) < 4.78 is 16.0. The molecule has 0 bridgehead atoms. The SMILES string of the molecule is COc1ccc(C(=O)/C=C/c2ccc(-c3ccc([N+](=O)[O-])cc3OC)o2)cc1. The van der Waals surface area contributed by atoms with Gasteiger partial charge in [-0.25, -0.2) is 0 Å². The highest BCUT2D eigenvalue weighted by Gasteiger charge is 2.15. The Balaban J connectivity index is 1.79. The molecule has 142 valence electrons. The molecule has 28 heavy (non-hydrogen) atoms. The Morgan fingerprint density at radius 2 is 1.79 bits per heavy atom. The summed E-state index contributed by atoms with van der Waals surface area (Å²) in [6, 6.07) is 14.5. The van der Waals surface area contributed by atoms with E-state index in [1.165, 1.54) is 25.3 Å². The van der Waals surface area contributed by atoms with Gasteiger partial charge in [-0.3, -0.25) is 14.9 Å². The van der Waals surface area contributed by atoms with E-state index >= 15 is 0 Å². The first kappa shape index (κ1) is 18.9. The zero-order valence-corrected chi connectivity index (χ0v) is 15.2. The van der Waals surface area contributed by atoms with Crippen LogP contribution in [0.3, 0.4) is 0 Å². The van der Waals surface area contributed by atoms with E-state index in [-0.39, 0.29) is 11.5 Å². The number of nitrogens with zero attached hydrogens (tertiary/aromatic N) is 1. The molecule has 0 N–H and O–H groups in total. The predicted octanol–water partition coefficient (Wildman–Crippen LogP) is 4.77. The van der Waals surface area contributed by atoms with Crippen LogP contribution in [-0.2, 0) is 0 Å². The van der Waals surface area contributed by atoms with Crippen LogP contribution in [0.5, 0.6) is 11.5 Å². The number of ether oxygens (including phenoxy) is 2. The third kappa shape index (κ3) is 4.09. The Morgan fingerprint density at radius 1 is 1.04 bits per heavy atom. The largest absolute Gasteiger partial charge is 0.497 e. The van der Waals surface area contributed by atoms with Gasteiger partial charge in [-0.2, -0.15) is 0 Å². The van der Waals surface area contributed by atoms with Gasteiger partial charge < -0.3 is 13.9 Å². The van der Waals surface area contributed by atoms with Gasteiger partial charge in [0.2, 0.25) is 0 Å². The third-order valence-corrected chi connectivity index (χ3v) is 4.06. The molecule has 0 atom stereocenters. The lowest BCUT2D eigenvalue weighted by Crippen LogP contribution is -1.93.